The highest BCUT2D eigenvalue weighted by Crippen LogP contribution is 2.38. The van der Waals surface area contributed by atoms with Gasteiger partial charge in [0.25, 0.3) is 0 Å². The molecule has 6 nitrogen and oxygen atoms in total. The fourth-order valence-electron chi connectivity index (χ4n) is 3.34. The van der Waals surface area contributed by atoms with Crippen molar-refractivity contribution in [3.05, 3.63) is 18.2 Å². The van der Waals surface area contributed by atoms with Crippen molar-refractivity contribution in [3.63, 3.8) is 0 Å². The van der Waals surface area contributed by atoms with Gasteiger partial charge in [-0.15, -0.1) is 12.4 Å². The van der Waals surface area contributed by atoms with Crippen molar-refractivity contribution >= 4 is 22.4 Å². The van der Waals surface area contributed by atoms with Gasteiger partial charge in [0, 0.05) is 19.1 Å². The first-order valence-electron chi connectivity index (χ1n) is 8.77. The predicted molar refractivity (Wildman–Crippen MR) is 97.2 cm³/mol. The number of benzene rings is 1. The standard InChI is InChI=1S/C17H24N2O4S.ClH/c20-24(21,16-3-1-2-15-17(16)23-11-10-22-15)19-8-6-14(7-9-19)18-12-13-4-5-13;/h1-3,13-14,18H,4-12H2;1H. The predicted octanol–water partition coefficient (Wildman–Crippen LogP) is 2.03. The van der Waals surface area contributed by atoms with Gasteiger partial charge in [-0.3, -0.25) is 0 Å². The fraction of sp³-hybridized carbons (Fsp3) is 0.647. The largest absolute Gasteiger partial charge is 0.486 e. The fourth-order valence-corrected chi connectivity index (χ4v) is 4.96. The molecule has 1 aromatic carbocycles. The van der Waals surface area contributed by atoms with E-state index >= 15 is 0 Å². The van der Waals surface area contributed by atoms with Crippen molar-refractivity contribution in [1.29, 1.82) is 0 Å². The van der Waals surface area contributed by atoms with E-state index in [9.17, 15) is 8.42 Å². The van der Waals surface area contributed by atoms with Crippen LogP contribution < -0.4 is 14.8 Å². The first kappa shape index (κ1) is 18.8. The molecule has 25 heavy (non-hydrogen) atoms. The van der Waals surface area contributed by atoms with Crippen LogP contribution in [0.4, 0.5) is 0 Å². The molecule has 3 aliphatic rings. The summed E-state index contributed by atoms with van der Waals surface area (Å²) in [7, 11) is -3.55. The second-order valence-electron chi connectivity index (χ2n) is 6.81. The maximum Gasteiger partial charge on any atom is 0.246 e. The van der Waals surface area contributed by atoms with Gasteiger partial charge in [-0.05, 0) is 50.3 Å². The first-order chi connectivity index (χ1) is 11.6. The third-order valence-electron chi connectivity index (χ3n) is 4.99. The molecule has 0 radical (unpaired) electrons. The quantitative estimate of drug-likeness (QED) is 0.835. The number of nitrogens with one attached hydrogen (secondary N) is 1. The Bertz CT molecular complexity index is 701. The average Bonchev–Trinajstić information content (AvgIpc) is 3.44. The Balaban J connectivity index is 0.00000182. The number of halogens is 1. The van der Waals surface area contributed by atoms with Gasteiger partial charge < -0.3 is 14.8 Å². The maximum atomic E-state index is 13.0. The highest BCUT2D eigenvalue weighted by Gasteiger charge is 2.33. The van der Waals surface area contributed by atoms with E-state index in [4.69, 9.17) is 9.47 Å². The number of sulfonamides is 1. The van der Waals surface area contributed by atoms with Gasteiger partial charge in [-0.1, -0.05) is 6.07 Å². The molecule has 0 aromatic heterocycles. The van der Waals surface area contributed by atoms with E-state index in [1.807, 2.05) is 0 Å². The number of ether oxygens (including phenoxy) is 2. The van der Waals surface area contributed by atoms with Crippen LogP contribution in [0.3, 0.4) is 0 Å². The summed E-state index contributed by atoms with van der Waals surface area (Å²) in [5.74, 6) is 1.72. The third-order valence-corrected chi connectivity index (χ3v) is 6.92. The lowest BCUT2D eigenvalue weighted by molar-refractivity contribution is 0.166. The third kappa shape index (κ3) is 4.05. The van der Waals surface area contributed by atoms with Crippen molar-refractivity contribution in [2.45, 2.75) is 36.6 Å². The highest BCUT2D eigenvalue weighted by atomic mass is 35.5. The molecule has 4 rings (SSSR count). The number of hydrogen-bond acceptors (Lipinski definition) is 5. The summed E-state index contributed by atoms with van der Waals surface area (Å²) in [6, 6.07) is 5.51. The molecule has 2 aliphatic heterocycles. The zero-order chi connectivity index (χ0) is 16.6. The monoisotopic (exact) mass is 388 g/mol. The lowest BCUT2D eigenvalue weighted by Crippen LogP contribution is -2.45. The molecular weight excluding hydrogens is 364 g/mol. The van der Waals surface area contributed by atoms with Gasteiger partial charge in [0.2, 0.25) is 10.0 Å². The van der Waals surface area contributed by atoms with Crippen molar-refractivity contribution in [1.82, 2.24) is 9.62 Å². The molecule has 0 spiro atoms. The van der Waals surface area contributed by atoms with Crippen LogP contribution in [0.25, 0.3) is 0 Å². The minimum absolute atomic E-state index is 0. The van der Waals surface area contributed by atoms with Gasteiger partial charge in [0.15, 0.2) is 11.5 Å². The molecule has 1 saturated heterocycles. The van der Waals surface area contributed by atoms with Crippen LogP contribution >= 0.6 is 12.4 Å². The lowest BCUT2D eigenvalue weighted by atomic mass is 10.1. The van der Waals surface area contributed by atoms with Gasteiger partial charge >= 0.3 is 0 Å². The molecule has 0 bridgehead atoms. The molecule has 1 saturated carbocycles. The normalized spacial score (nSPS) is 21.6. The molecular formula is C17H25ClN2O4S. The van der Waals surface area contributed by atoms with Crippen LogP contribution in [0.15, 0.2) is 23.1 Å². The van der Waals surface area contributed by atoms with E-state index in [0.717, 1.165) is 25.3 Å². The Morgan fingerprint density at radius 1 is 1.08 bits per heavy atom. The van der Waals surface area contributed by atoms with E-state index in [0.29, 0.717) is 43.8 Å². The summed E-state index contributed by atoms with van der Waals surface area (Å²) in [6.07, 6.45) is 4.39. The Morgan fingerprint density at radius 2 is 1.80 bits per heavy atom. The molecule has 8 heteroatoms. The van der Waals surface area contributed by atoms with Crippen LogP contribution in [0.1, 0.15) is 25.7 Å². The first-order valence-corrected chi connectivity index (χ1v) is 10.2. The number of fused-ring (bicyclic) bond motifs is 1. The molecule has 2 fully saturated rings. The van der Waals surface area contributed by atoms with Crippen LogP contribution in [-0.2, 0) is 10.0 Å². The van der Waals surface area contributed by atoms with Gasteiger partial charge in [-0.2, -0.15) is 4.31 Å². The molecule has 1 N–H and O–H groups in total. The van der Waals surface area contributed by atoms with Gasteiger partial charge in [0.1, 0.15) is 18.1 Å². The van der Waals surface area contributed by atoms with Crippen molar-refractivity contribution in [3.8, 4) is 11.5 Å². The Morgan fingerprint density at radius 3 is 2.52 bits per heavy atom. The van der Waals surface area contributed by atoms with Crippen LogP contribution in [0.5, 0.6) is 11.5 Å². The molecule has 0 amide bonds. The highest BCUT2D eigenvalue weighted by molar-refractivity contribution is 7.89. The summed E-state index contributed by atoms with van der Waals surface area (Å²) in [5, 5.41) is 3.58. The minimum Gasteiger partial charge on any atom is -0.486 e. The summed E-state index contributed by atoms with van der Waals surface area (Å²) in [4.78, 5) is 0.226. The molecule has 1 aliphatic carbocycles. The average molecular weight is 389 g/mol. The molecule has 0 atom stereocenters. The van der Waals surface area contributed by atoms with E-state index in [-0.39, 0.29) is 17.3 Å². The number of piperidine rings is 1. The maximum absolute atomic E-state index is 13.0. The van der Waals surface area contributed by atoms with Crippen LogP contribution in [0, 0.1) is 5.92 Å². The molecule has 1 aromatic rings. The van der Waals surface area contributed by atoms with Gasteiger partial charge in [0.05, 0.1) is 0 Å². The van der Waals surface area contributed by atoms with E-state index in [2.05, 4.69) is 5.32 Å². The zero-order valence-electron chi connectivity index (χ0n) is 14.1. The summed E-state index contributed by atoms with van der Waals surface area (Å²) < 4.78 is 38.7. The summed E-state index contributed by atoms with van der Waals surface area (Å²) >= 11 is 0. The van der Waals surface area contributed by atoms with E-state index in [1.54, 1.807) is 22.5 Å². The summed E-state index contributed by atoms with van der Waals surface area (Å²) in [6.45, 7) is 3.01. The summed E-state index contributed by atoms with van der Waals surface area (Å²) in [5.41, 5.74) is 0. The topological polar surface area (TPSA) is 67.9 Å². The van der Waals surface area contributed by atoms with Crippen molar-refractivity contribution in [2.24, 2.45) is 5.92 Å². The second kappa shape index (κ2) is 7.70. The minimum atomic E-state index is -3.55. The Labute approximate surface area is 155 Å². The second-order valence-corrected chi connectivity index (χ2v) is 8.72. The number of rotatable bonds is 5. The van der Waals surface area contributed by atoms with Crippen molar-refractivity contribution in [2.75, 3.05) is 32.8 Å². The van der Waals surface area contributed by atoms with Gasteiger partial charge in [-0.25, -0.2) is 8.42 Å². The Hall–Kier alpha value is -1.02. The van der Waals surface area contributed by atoms with E-state index in [1.165, 1.54) is 12.8 Å². The van der Waals surface area contributed by atoms with Crippen LogP contribution in [-0.4, -0.2) is 51.6 Å². The molecule has 2 heterocycles. The van der Waals surface area contributed by atoms with Crippen LogP contribution in [0.2, 0.25) is 0 Å². The number of nitrogens with zero attached hydrogens (tertiary/aromatic N) is 1. The Kier molecular flexibility index (Phi) is 5.78. The smallest absolute Gasteiger partial charge is 0.246 e. The van der Waals surface area contributed by atoms with E-state index < -0.39 is 10.0 Å². The molecule has 140 valence electrons. The zero-order valence-corrected chi connectivity index (χ0v) is 15.8. The lowest BCUT2D eigenvalue weighted by Gasteiger charge is -2.32. The number of hydrogen-bond donors (Lipinski definition) is 1. The number of para-hydroxylation sites is 1. The molecule has 0 unspecified atom stereocenters. The van der Waals surface area contributed by atoms with Crippen molar-refractivity contribution < 1.29 is 17.9 Å². The SMILES string of the molecule is Cl.O=S(=O)(c1cccc2c1OCCO2)N1CCC(NCC2CC2)CC1.